The van der Waals surface area contributed by atoms with Gasteiger partial charge < -0.3 is 10.3 Å². The van der Waals surface area contributed by atoms with Crippen molar-refractivity contribution in [3.05, 3.63) is 77.4 Å². The van der Waals surface area contributed by atoms with Crippen molar-refractivity contribution in [3.63, 3.8) is 0 Å². The average molecular weight is 340 g/mol. The Labute approximate surface area is 149 Å². The summed E-state index contributed by atoms with van der Waals surface area (Å²) in [6.45, 7) is 1.99. The van der Waals surface area contributed by atoms with Gasteiger partial charge in [-0.05, 0) is 29.8 Å². The van der Waals surface area contributed by atoms with E-state index in [0.717, 1.165) is 13.1 Å². The van der Waals surface area contributed by atoms with Gasteiger partial charge in [-0.25, -0.2) is 0 Å². The summed E-state index contributed by atoms with van der Waals surface area (Å²) in [6, 6.07) is 21.4. The third kappa shape index (κ3) is 3.23. The number of halogens is 1. The van der Waals surface area contributed by atoms with Crippen molar-refractivity contribution in [2.45, 2.75) is 6.04 Å². The van der Waals surface area contributed by atoms with E-state index in [1.54, 1.807) is 0 Å². The first-order valence-corrected chi connectivity index (χ1v) is 8.14. The molecule has 2 aromatic carbocycles. The van der Waals surface area contributed by atoms with Crippen molar-refractivity contribution in [1.29, 1.82) is 0 Å². The maximum Gasteiger partial charge on any atom is 0.0786 e. The number of nitrogens with zero attached hydrogens (tertiary/aromatic N) is 2. The molecule has 0 radical (unpaired) electrons. The van der Waals surface area contributed by atoms with E-state index in [1.807, 2.05) is 0 Å². The third-order valence-electron chi connectivity index (χ3n) is 4.65. The van der Waals surface area contributed by atoms with E-state index in [9.17, 15) is 0 Å². The highest BCUT2D eigenvalue weighted by Crippen LogP contribution is 2.34. The monoisotopic (exact) mass is 339 g/mol. The molecule has 4 rings (SSSR count). The first-order valence-electron chi connectivity index (χ1n) is 8.14. The number of nitrogens with one attached hydrogen (secondary N) is 1. The van der Waals surface area contributed by atoms with Crippen LogP contribution in [-0.2, 0) is 0 Å². The van der Waals surface area contributed by atoms with Gasteiger partial charge in [0.2, 0.25) is 0 Å². The van der Waals surface area contributed by atoms with Crippen LogP contribution in [0.2, 0.25) is 0 Å². The lowest BCUT2D eigenvalue weighted by atomic mass is 9.84. The summed E-state index contributed by atoms with van der Waals surface area (Å²) in [6.07, 6.45) is 2.27. The maximum absolute atomic E-state index is 4.70. The SMILES string of the molecule is CN1C/C(=C\c2ccccc2)C2=NNC(c3ccccc3)C2C1.Cl. The number of fused-ring (bicyclic) bond motifs is 1. The van der Waals surface area contributed by atoms with E-state index in [2.05, 4.69) is 84.1 Å². The summed E-state index contributed by atoms with van der Waals surface area (Å²) >= 11 is 0. The highest BCUT2D eigenvalue weighted by Gasteiger charge is 2.38. The van der Waals surface area contributed by atoms with Crippen molar-refractivity contribution < 1.29 is 0 Å². The number of hydrazone groups is 1. The molecule has 0 aliphatic carbocycles. The Morgan fingerprint density at radius 2 is 1.71 bits per heavy atom. The topological polar surface area (TPSA) is 27.6 Å². The highest BCUT2D eigenvalue weighted by molar-refractivity contribution is 6.07. The van der Waals surface area contributed by atoms with Crippen molar-refractivity contribution in [2.75, 3.05) is 20.1 Å². The molecule has 0 saturated carbocycles. The second-order valence-corrected chi connectivity index (χ2v) is 6.40. The van der Waals surface area contributed by atoms with E-state index in [0.29, 0.717) is 5.92 Å². The number of piperidine rings is 1. The first-order chi connectivity index (χ1) is 11.3. The molecule has 4 heteroatoms. The molecule has 0 amide bonds. The standard InChI is InChI=1S/C20H21N3.ClH/c1-23-13-17(12-15-8-4-2-5-9-15)20-18(14-23)19(21-22-20)16-10-6-3-7-11-16;/h2-12,18-19,21H,13-14H2,1H3;1H/b17-12+;. The van der Waals surface area contributed by atoms with E-state index in [-0.39, 0.29) is 18.4 Å². The molecule has 3 nitrogen and oxygen atoms in total. The van der Waals surface area contributed by atoms with Crippen molar-refractivity contribution in [1.82, 2.24) is 10.3 Å². The van der Waals surface area contributed by atoms with Gasteiger partial charge in [-0.2, -0.15) is 5.10 Å². The zero-order chi connectivity index (χ0) is 15.6. The minimum absolute atomic E-state index is 0. The fourth-order valence-corrected chi connectivity index (χ4v) is 3.58. The molecule has 2 heterocycles. The number of likely N-dealkylation sites (tertiary alicyclic amines) is 1. The molecule has 2 aromatic rings. The van der Waals surface area contributed by atoms with Gasteiger partial charge in [-0.1, -0.05) is 60.7 Å². The van der Waals surface area contributed by atoms with Gasteiger partial charge in [-0.3, -0.25) is 0 Å². The van der Waals surface area contributed by atoms with Crippen LogP contribution in [-0.4, -0.2) is 30.7 Å². The molecule has 1 N–H and O–H groups in total. The Bertz CT molecular complexity index is 740. The molecule has 2 unspecified atom stereocenters. The van der Waals surface area contributed by atoms with E-state index < -0.39 is 0 Å². The van der Waals surface area contributed by atoms with Crippen LogP contribution in [0.15, 0.2) is 71.3 Å². The van der Waals surface area contributed by atoms with Crippen LogP contribution in [0.3, 0.4) is 0 Å². The number of rotatable bonds is 2. The fourth-order valence-electron chi connectivity index (χ4n) is 3.58. The van der Waals surface area contributed by atoms with Crippen molar-refractivity contribution in [3.8, 4) is 0 Å². The normalized spacial score (nSPS) is 24.7. The summed E-state index contributed by atoms with van der Waals surface area (Å²) in [5.41, 5.74) is 8.46. The summed E-state index contributed by atoms with van der Waals surface area (Å²) in [5.74, 6) is 0.408. The van der Waals surface area contributed by atoms with Crippen LogP contribution < -0.4 is 5.43 Å². The smallest absolute Gasteiger partial charge is 0.0786 e. The van der Waals surface area contributed by atoms with Gasteiger partial charge in [0.05, 0.1) is 11.8 Å². The van der Waals surface area contributed by atoms with Gasteiger partial charge >= 0.3 is 0 Å². The van der Waals surface area contributed by atoms with Gasteiger partial charge in [0.1, 0.15) is 0 Å². The lowest BCUT2D eigenvalue weighted by Gasteiger charge is -2.32. The number of benzene rings is 2. The van der Waals surface area contributed by atoms with E-state index in [4.69, 9.17) is 5.10 Å². The van der Waals surface area contributed by atoms with Crippen LogP contribution >= 0.6 is 12.4 Å². The van der Waals surface area contributed by atoms with Crippen LogP contribution in [0, 0.1) is 5.92 Å². The summed E-state index contributed by atoms with van der Waals surface area (Å²) < 4.78 is 0. The molecule has 2 aliphatic heterocycles. The van der Waals surface area contributed by atoms with Crippen LogP contribution in [0.25, 0.3) is 6.08 Å². The second-order valence-electron chi connectivity index (χ2n) is 6.40. The summed E-state index contributed by atoms with van der Waals surface area (Å²) in [5, 5.41) is 4.70. The summed E-state index contributed by atoms with van der Waals surface area (Å²) in [4.78, 5) is 2.39. The number of hydrogen-bond donors (Lipinski definition) is 1. The predicted octanol–water partition coefficient (Wildman–Crippen LogP) is 3.75. The molecule has 2 atom stereocenters. The Morgan fingerprint density at radius 1 is 1.04 bits per heavy atom. The molecule has 1 saturated heterocycles. The van der Waals surface area contributed by atoms with E-state index >= 15 is 0 Å². The highest BCUT2D eigenvalue weighted by atomic mass is 35.5. The summed E-state index contributed by atoms with van der Waals surface area (Å²) in [7, 11) is 2.19. The predicted molar refractivity (Wildman–Crippen MR) is 102 cm³/mol. The van der Waals surface area contributed by atoms with Crippen LogP contribution in [0.4, 0.5) is 0 Å². The lowest BCUT2D eigenvalue weighted by Crippen LogP contribution is -2.41. The molecule has 1 fully saturated rings. The van der Waals surface area contributed by atoms with Crippen LogP contribution in [0.1, 0.15) is 17.2 Å². The Morgan fingerprint density at radius 3 is 2.42 bits per heavy atom. The van der Waals surface area contributed by atoms with E-state index in [1.165, 1.54) is 22.4 Å². The number of likely N-dealkylation sites (N-methyl/N-ethyl adjacent to an activating group) is 1. The average Bonchev–Trinajstić information content (AvgIpc) is 3.00. The molecule has 0 bridgehead atoms. The van der Waals surface area contributed by atoms with Gasteiger partial charge in [0, 0.05) is 19.0 Å². The lowest BCUT2D eigenvalue weighted by molar-refractivity contribution is 0.295. The van der Waals surface area contributed by atoms with Gasteiger partial charge in [0.15, 0.2) is 0 Å². The van der Waals surface area contributed by atoms with Crippen LogP contribution in [0.5, 0.6) is 0 Å². The molecule has 24 heavy (non-hydrogen) atoms. The largest absolute Gasteiger partial charge is 0.302 e. The fraction of sp³-hybridized carbons (Fsp3) is 0.250. The Hall–Kier alpha value is -2.10. The first kappa shape index (κ1) is 16.7. The quantitative estimate of drug-likeness (QED) is 0.902. The Balaban J connectivity index is 0.00000169. The molecule has 124 valence electrons. The van der Waals surface area contributed by atoms with Gasteiger partial charge in [0.25, 0.3) is 0 Å². The molecule has 0 spiro atoms. The molecule has 0 aromatic heterocycles. The minimum atomic E-state index is 0. The van der Waals surface area contributed by atoms with Crippen molar-refractivity contribution in [2.24, 2.45) is 11.0 Å². The molecule has 2 aliphatic rings. The Kier molecular flexibility index (Phi) is 5.03. The molecular weight excluding hydrogens is 318 g/mol. The maximum atomic E-state index is 4.70. The zero-order valence-corrected chi connectivity index (χ0v) is 14.5. The minimum Gasteiger partial charge on any atom is -0.302 e. The number of hydrogen-bond acceptors (Lipinski definition) is 3. The third-order valence-corrected chi connectivity index (χ3v) is 4.65. The van der Waals surface area contributed by atoms with Gasteiger partial charge in [-0.15, -0.1) is 12.4 Å². The zero-order valence-electron chi connectivity index (χ0n) is 13.7. The second kappa shape index (κ2) is 7.20. The molecular formula is C20H22ClN3. The van der Waals surface area contributed by atoms with Crippen molar-refractivity contribution >= 4 is 24.2 Å².